The van der Waals surface area contributed by atoms with Crippen LogP contribution in [0.3, 0.4) is 0 Å². The third-order valence-electron chi connectivity index (χ3n) is 4.31. The molecule has 0 saturated carbocycles. The molecule has 24 heavy (non-hydrogen) atoms. The molecule has 134 valence electrons. The molecule has 1 aromatic rings. The molecule has 0 aromatic heterocycles. The zero-order valence-corrected chi connectivity index (χ0v) is 16.1. The summed E-state index contributed by atoms with van der Waals surface area (Å²) in [6.07, 6.45) is 1.41. The molecule has 2 atom stereocenters. The number of carbonyl (C=O) groups excluding carboxylic acids is 1. The van der Waals surface area contributed by atoms with E-state index in [9.17, 15) is 13.2 Å². The Kier molecular flexibility index (Phi) is 6.53. The zero-order valence-electron chi connectivity index (χ0n) is 13.8. The monoisotopic (exact) mass is 392 g/mol. The van der Waals surface area contributed by atoms with Gasteiger partial charge < -0.3 is 5.32 Å². The van der Waals surface area contributed by atoms with E-state index in [0.29, 0.717) is 22.2 Å². The SMILES string of the molecule is CCC(C)N(CC(=O)Nc1cc(Cl)cc(Cl)c1)C1CCS(=O)(=O)C1. The lowest BCUT2D eigenvalue weighted by molar-refractivity contribution is -0.118. The summed E-state index contributed by atoms with van der Waals surface area (Å²) in [5.41, 5.74) is 0.528. The van der Waals surface area contributed by atoms with Crippen molar-refractivity contribution in [1.82, 2.24) is 4.90 Å². The van der Waals surface area contributed by atoms with Gasteiger partial charge in [0.15, 0.2) is 9.84 Å². The third kappa shape index (κ3) is 5.34. The predicted octanol–water partition coefficient (Wildman–Crippen LogP) is 3.22. The molecule has 1 aliphatic rings. The van der Waals surface area contributed by atoms with Gasteiger partial charge in [-0.2, -0.15) is 0 Å². The van der Waals surface area contributed by atoms with E-state index < -0.39 is 9.84 Å². The summed E-state index contributed by atoms with van der Waals surface area (Å²) >= 11 is 11.9. The molecule has 1 aliphatic heterocycles. The second kappa shape index (κ2) is 8.04. The van der Waals surface area contributed by atoms with Crippen LogP contribution in [-0.4, -0.2) is 49.4 Å². The van der Waals surface area contributed by atoms with Crippen LogP contribution >= 0.6 is 23.2 Å². The molecule has 1 amide bonds. The van der Waals surface area contributed by atoms with E-state index in [0.717, 1.165) is 6.42 Å². The van der Waals surface area contributed by atoms with E-state index in [1.54, 1.807) is 18.2 Å². The molecule has 1 fully saturated rings. The van der Waals surface area contributed by atoms with Crippen molar-refractivity contribution in [2.75, 3.05) is 23.4 Å². The van der Waals surface area contributed by atoms with E-state index in [-0.39, 0.29) is 36.0 Å². The lowest BCUT2D eigenvalue weighted by Gasteiger charge is -2.32. The first-order valence-electron chi connectivity index (χ1n) is 7.92. The van der Waals surface area contributed by atoms with Crippen LogP contribution in [0.2, 0.25) is 10.0 Å². The number of nitrogens with zero attached hydrogens (tertiary/aromatic N) is 1. The number of benzene rings is 1. The summed E-state index contributed by atoms with van der Waals surface area (Å²) in [6, 6.07) is 4.85. The number of amides is 1. The van der Waals surface area contributed by atoms with Crippen LogP contribution < -0.4 is 5.32 Å². The van der Waals surface area contributed by atoms with Gasteiger partial charge in [-0.3, -0.25) is 9.69 Å². The molecular weight excluding hydrogens is 371 g/mol. The summed E-state index contributed by atoms with van der Waals surface area (Å²) in [4.78, 5) is 14.4. The first-order chi connectivity index (χ1) is 11.2. The average Bonchev–Trinajstić information content (AvgIpc) is 2.82. The van der Waals surface area contributed by atoms with Crippen LogP contribution in [0.15, 0.2) is 18.2 Å². The van der Waals surface area contributed by atoms with Crippen LogP contribution in [0, 0.1) is 0 Å². The Bertz CT molecular complexity index is 689. The Morgan fingerprint density at radius 3 is 2.46 bits per heavy atom. The second-order valence-electron chi connectivity index (χ2n) is 6.19. The predicted molar refractivity (Wildman–Crippen MR) is 98.6 cm³/mol. The molecule has 0 bridgehead atoms. The number of anilines is 1. The van der Waals surface area contributed by atoms with Crippen molar-refractivity contribution in [2.45, 2.75) is 38.8 Å². The standard InChI is InChI=1S/C16H22Cl2N2O3S/c1-3-11(2)20(15-4-5-24(22,23)10-15)9-16(21)19-14-7-12(17)6-13(18)8-14/h6-8,11,15H,3-5,9-10H2,1-2H3,(H,19,21). The Morgan fingerprint density at radius 2 is 1.96 bits per heavy atom. The number of hydrogen-bond acceptors (Lipinski definition) is 4. The maximum absolute atomic E-state index is 12.4. The minimum Gasteiger partial charge on any atom is -0.325 e. The average molecular weight is 393 g/mol. The first kappa shape index (κ1) is 19.5. The summed E-state index contributed by atoms with van der Waals surface area (Å²) in [5, 5.41) is 3.66. The first-order valence-corrected chi connectivity index (χ1v) is 10.5. The van der Waals surface area contributed by atoms with Crippen molar-refractivity contribution in [1.29, 1.82) is 0 Å². The van der Waals surface area contributed by atoms with Gasteiger partial charge in [-0.1, -0.05) is 30.1 Å². The highest BCUT2D eigenvalue weighted by Crippen LogP contribution is 2.24. The van der Waals surface area contributed by atoms with Crippen molar-refractivity contribution in [3.05, 3.63) is 28.2 Å². The lowest BCUT2D eigenvalue weighted by Crippen LogP contribution is -2.46. The van der Waals surface area contributed by atoms with Gasteiger partial charge in [-0.15, -0.1) is 0 Å². The molecule has 2 unspecified atom stereocenters. The van der Waals surface area contributed by atoms with Crippen molar-refractivity contribution in [3.8, 4) is 0 Å². The van der Waals surface area contributed by atoms with E-state index >= 15 is 0 Å². The highest BCUT2D eigenvalue weighted by atomic mass is 35.5. The Hall–Kier alpha value is -0.820. The maximum atomic E-state index is 12.4. The number of hydrogen-bond donors (Lipinski definition) is 1. The van der Waals surface area contributed by atoms with Gasteiger partial charge in [0.1, 0.15) is 0 Å². The highest BCUT2D eigenvalue weighted by molar-refractivity contribution is 7.91. The molecule has 1 saturated heterocycles. The van der Waals surface area contributed by atoms with Crippen molar-refractivity contribution in [3.63, 3.8) is 0 Å². The number of sulfone groups is 1. The van der Waals surface area contributed by atoms with Crippen molar-refractivity contribution in [2.24, 2.45) is 0 Å². The summed E-state index contributed by atoms with van der Waals surface area (Å²) in [5.74, 6) is 0.0990. The largest absolute Gasteiger partial charge is 0.325 e. The van der Waals surface area contributed by atoms with Crippen LogP contribution in [0.25, 0.3) is 0 Å². The van der Waals surface area contributed by atoms with Gasteiger partial charge in [0, 0.05) is 27.8 Å². The fraction of sp³-hybridized carbons (Fsp3) is 0.562. The Balaban J connectivity index is 2.07. The van der Waals surface area contributed by atoms with Gasteiger partial charge in [-0.05, 0) is 38.0 Å². The molecule has 2 rings (SSSR count). The highest BCUT2D eigenvalue weighted by Gasteiger charge is 2.34. The quantitative estimate of drug-likeness (QED) is 0.806. The molecule has 0 aliphatic carbocycles. The second-order valence-corrected chi connectivity index (χ2v) is 9.29. The minimum atomic E-state index is -3.00. The number of rotatable bonds is 6. The van der Waals surface area contributed by atoms with Gasteiger partial charge >= 0.3 is 0 Å². The van der Waals surface area contributed by atoms with Crippen molar-refractivity contribution < 1.29 is 13.2 Å². The number of halogens is 2. The Labute approximate surface area is 153 Å². The normalized spacial score (nSPS) is 21.0. The fourth-order valence-corrected chi connectivity index (χ4v) is 5.18. The Morgan fingerprint density at radius 1 is 1.33 bits per heavy atom. The van der Waals surface area contributed by atoms with Crippen LogP contribution in [0.1, 0.15) is 26.7 Å². The van der Waals surface area contributed by atoms with Gasteiger partial charge in [0.25, 0.3) is 0 Å². The maximum Gasteiger partial charge on any atom is 0.238 e. The third-order valence-corrected chi connectivity index (χ3v) is 6.49. The summed E-state index contributed by atoms with van der Waals surface area (Å²) < 4.78 is 23.5. The number of nitrogens with one attached hydrogen (secondary N) is 1. The summed E-state index contributed by atoms with van der Waals surface area (Å²) in [6.45, 7) is 4.17. The van der Waals surface area contributed by atoms with Gasteiger partial charge in [0.05, 0.1) is 18.1 Å². The van der Waals surface area contributed by atoms with Gasteiger partial charge in [0.2, 0.25) is 5.91 Å². The smallest absolute Gasteiger partial charge is 0.238 e. The molecule has 0 spiro atoms. The zero-order chi connectivity index (χ0) is 17.9. The van der Waals surface area contributed by atoms with Crippen molar-refractivity contribution >= 4 is 44.6 Å². The van der Waals surface area contributed by atoms with Crippen LogP contribution in [0.4, 0.5) is 5.69 Å². The van der Waals surface area contributed by atoms with Crippen LogP contribution in [-0.2, 0) is 14.6 Å². The summed E-state index contributed by atoms with van der Waals surface area (Å²) in [7, 11) is -3.00. The molecule has 0 radical (unpaired) electrons. The molecule has 5 nitrogen and oxygen atoms in total. The topological polar surface area (TPSA) is 66.5 Å². The minimum absolute atomic E-state index is 0.112. The van der Waals surface area contributed by atoms with Crippen LogP contribution in [0.5, 0.6) is 0 Å². The van der Waals surface area contributed by atoms with E-state index in [4.69, 9.17) is 23.2 Å². The molecular formula is C16H22Cl2N2O3S. The van der Waals surface area contributed by atoms with E-state index in [1.807, 2.05) is 18.7 Å². The number of carbonyl (C=O) groups is 1. The van der Waals surface area contributed by atoms with E-state index in [1.165, 1.54) is 0 Å². The van der Waals surface area contributed by atoms with Gasteiger partial charge in [-0.25, -0.2) is 8.42 Å². The fourth-order valence-electron chi connectivity index (χ4n) is 2.91. The molecule has 1 aromatic carbocycles. The molecule has 1 heterocycles. The molecule has 8 heteroatoms. The molecule has 1 N–H and O–H groups in total. The lowest BCUT2D eigenvalue weighted by atomic mass is 10.1. The van der Waals surface area contributed by atoms with E-state index in [2.05, 4.69) is 5.32 Å².